The van der Waals surface area contributed by atoms with Crippen LogP contribution >= 0.6 is 15.9 Å². The third kappa shape index (κ3) is 2.41. The molecule has 1 heterocycles. The smallest absolute Gasteiger partial charge is 0.165 e. The normalized spacial score (nSPS) is 40.2. The second kappa shape index (κ2) is 7.30. The van der Waals surface area contributed by atoms with Crippen LogP contribution < -0.4 is 4.74 Å². The van der Waals surface area contributed by atoms with Crippen LogP contribution in [0.3, 0.4) is 0 Å². The number of halogens is 1. The summed E-state index contributed by atoms with van der Waals surface area (Å²) in [6, 6.07) is 4.04. The second-order valence-corrected chi connectivity index (χ2v) is 10.0. The van der Waals surface area contributed by atoms with Gasteiger partial charge in [0.2, 0.25) is 0 Å². The molecule has 0 aromatic heterocycles. The number of allylic oxidation sites excluding steroid dienone is 1. The van der Waals surface area contributed by atoms with E-state index in [1.807, 2.05) is 12.1 Å². The maximum absolute atomic E-state index is 13.5. The summed E-state index contributed by atoms with van der Waals surface area (Å²) >= 11 is 3.80. The molecule has 6 nitrogen and oxygen atoms in total. The predicted molar refractivity (Wildman–Crippen MR) is 120 cm³/mol. The predicted octanol–water partition coefficient (Wildman–Crippen LogP) is 3.08. The molecule has 168 valence electrons. The minimum absolute atomic E-state index is 0.0108. The number of phenols is 1. The van der Waals surface area contributed by atoms with Crippen LogP contribution in [0, 0.1) is 16.7 Å². The van der Waals surface area contributed by atoms with E-state index in [4.69, 9.17) is 14.2 Å². The van der Waals surface area contributed by atoms with E-state index in [1.165, 1.54) is 0 Å². The number of fused-ring (bicyclic) bond motifs is 2. The highest BCUT2D eigenvalue weighted by molar-refractivity contribution is 9.09. The van der Waals surface area contributed by atoms with Crippen LogP contribution in [-0.2, 0) is 14.3 Å². The van der Waals surface area contributed by atoms with Gasteiger partial charge in [-0.05, 0) is 35.9 Å². The van der Waals surface area contributed by atoms with Gasteiger partial charge in [-0.15, -0.1) is 0 Å². The first-order chi connectivity index (χ1) is 14.9. The Morgan fingerprint density at radius 3 is 2.65 bits per heavy atom. The van der Waals surface area contributed by atoms with Gasteiger partial charge in [-0.1, -0.05) is 28.9 Å². The van der Waals surface area contributed by atoms with E-state index >= 15 is 0 Å². The first kappa shape index (κ1) is 21.4. The van der Waals surface area contributed by atoms with Crippen molar-refractivity contribution in [2.75, 3.05) is 46.4 Å². The number of benzene rings is 1. The topological polar surface area (TPSA) is 68.2 Å². The first-order valence-corrected chi connectivity index (χ1v) is 12.0. The number of ketones is 1. The molecule has 1 N–H and O–H groups in total. The van der Waals surface area contributed by atoms with E-state index in [-0.39, 0.29) is 46.8 Å². The summed E-state index contributed by atoms with van der Waals surface area (Å²) in [6.07, 6.45) is 3.83. The van der Waals surface area contributed by atoms with Crippen molar-refractivity contribution in [2.45, 2.75) is 30.9 Å². The number of likely N-dealkylation sites (N-methyl/N-ethyl adjacent to an activating group) is 1. The molecule has 2 fully saturated rings. The molecule has 1 saturated carbocycles. The van der Waals surface area contributed by atoms with E-state index in [0.29, 0.717) is 18.9 Å². The minimum atomic E-state index is -0.653. The van der Waals surface area contributed by atoms with E-state index in [1.54, 1.807) is 27.4 Å². The lowest BCUT2D eigenvalue weighted by molar-refractivity contribution is -0.159. The molecule has 5 bridgehead atoms. The van der Waals surface area contributed by atoms with Crippen LogP contribution in [-0.4, -0.2) is 74.3 Å². The van der Waals surface area contributed by atoms with Crippen LogP contribution in [0.25, 0.3) is 0 Å². The number of aromatic hydroxyl groups is 1. The fourth-order valence-electron chi connectivity index (χ4n) is 7.66. The van der Waals surface area contributed by atoms with Gasteiger partial charge in [-0.3, -0.25) is 9.69 Å². The quantitative estimate of drug-likeness (QED) is 0.616. The molecule has 1 aromatic rings. The van der Waals surface area contributed by atoms with E-state index < -0.39 is 5.41 Å². The van der Waals surface area contributed by atoms with Gasteiger partial charge in [0.05, 0.1) is 25.2 Å². The maximum Gasteiger partial charge on any atom is 0.165 e. The average molecular weight is 492 g/mol. The summed E-state index contributed by atoms with van der Waals surface area (Å²) in [6.45, 7) is 4.06. The van der Waals surface area contributed by atoms with Crippen molar-refractivity contribution >= 4 is 21.7 Å². The number of hydrogen-bond acceptors (Lipinski definition) is 6. The molecule has 0 amide bonds. The zero-order valence-corrected chi connectivity index (χ0v) is 20.0. The largest absolute Gasteiger partial charge is 0.504 e. The SMILES string of the molecule is CCN1C[C@]2(COC)C(=O)C=C[C@@]34[C@H](CBr)c5cc(O)c(OC)cc5[C@@H]([C@H](OC)[C@H]23)[C@@H]14. The van der Waals surface area contributed by atoms with Gasteiger partial charge in [0.25, 0.3) is 0 Å². The fraction of sp³-hybridized carbons (Fsp3) is 0.625. The van der Waals surface area contributed by atoms with Gasteiger partial charge in [0.1, 0.15) is 0 Å². The van der Waals surface area contributed by atoms with E-state index in [9.17, 15) is 9.90 Å². The van der Waals surface area contributed by atoms with Crippen LogP contribution in [0.2, 0.25) is 0 Å². The minimum Gasteiger partial charge on any atom is -0.504 e. The number of phenolic OH excluding ortho intramolecular Hbond substituents is 1. The number of carbonyl (C=O) groups is 1. The lowest BCUT2D eigenvalue weighted by atomic mass is 9.49. The second-order valence-electron chi connectivity index (χ2n) is 9.36. The third-order valence-electron chi connectivity index (χ3n) is 8.52. The number of methoxy groups -OCH3 is 3. The molecule has 7 atom stereocenters. The number of rotatable bonds is 6. The molecule has 7 heteroatoms. The Bertz CT molecular complexity index is 950. The Morgan fingerprint density at radius 2 is 2.03 bits per heavy atom. The Labute approximate surface area is 191 Å². The first-order valence-electron chi connectivity index (χ1n) is 10.9. The highest BCUT2D eigenvalue weighted by Gasteiger charge is 2.77. The summed E-state index contributed by atoms with van der Waals surface area (Å²) < 4.78 is 17.4. The van der Waals surface area contributed by atoms with Crippen molar-refractivity contribution in [3.05, 3.63) is 35.4 Å². The number of ether oxygens (including phenoxy) is 3. The molecule has 4 aliphatic rings. The molecule has 5 rings (SSSR count). The van der Waals surface area contributed by atoms with Crippen molar-refractivity contribution in [3.63, 3.8) is 0 Å². The van der Waals surface area contributed by atoms with Crippen molar-refractivity contribution in [2.24, 2.45) is 16.7 Å². The molecular weight excluding hydrogens is 462 g/mol. The van der Waals surface area contributed by atoms with E-state index in [0.717, 1.165) is 23.0 Å². The summed E-state index contributed by atoms with van der Waals surface area (Å²) in [5.74, 6) is 0.904. The molecule has 3 aliphatic carbocycles. The molecule has 1 aromatic carbocycles. The average Bonchev–Trinajstić information content (AvgIpc) is 2.92. The highest BCUT2D eigenvalue weighted by atomic mass is 79.9. The third-order valence-corrected chi connectivity index (χ3v) is 9.17. The molecule has 1 aliphatic heterocycles. The van der Waals surface area contributed by atoms with Gasteiger partial charge >= 0.3 is 0 Å². The van der Waals surface area contributed by atoms with Crippen molar-refractivity contribution in [1.82, 2.24) is 4.90 Å². The molecule has 1 spiro atoms. The summed E-state index contributed by atoms with van der Waals surface area (Å²) in [5, 5.41) is 11.3. The van der Waals surface area contributed by atoms with Gasteiger partial charge in [-0.2, -0.15) is 0 Å². The Morgan fingerprint density at radius 1 is 1.26 bits per heavy atom. The number of likely N-dealkylation sites (tertiary alicyclic amines) is 1. The number of alkyl halides is 1. The van der Waals surface area contributed by atoms with Crippen LogP contribution in [0.5, 0.6) is 11.5 Å². The van der Waals surface area contributed by atoms with E-state index in [2.05, 4.69) is 33.8 Å². The van der Waals surface area contributed by atoms with Crippen LogP contribution in [0.1, 0.15) is 29.9 Å². The number of hydrogen-bond donors (Lipinski definition) is 1. The lowest BCUT2D eigenvalue weighted by Crippen LogP contribution is -2.68. The number of carbonyl (C=O) groups excluding carboxylic acids is 1. The maximum atomic E-state index is 13.5. The summed E-state index contributed by atoms with van der Waals surface area (Å²) in [5.41, 5.74) is 1.33. The Kier molecular flexibility index (Phi) is 5.05. The summed E-state index contributed by atoms with van der Waals surface area (Å²) in [7, 11) is 5.02. The monoisotopic (exact) mass is 491 g/mol. The van der Waals surface area contributed by atoms with Crippen molar-refractivity contribution < 1.29 is 24.1 Å². The van der Waals surface area contributed by atoms with Gasteiger partial charge in [0, 0.05) is 55.3 Å². The lowest BCUT2D eigenvalue weighted by Gasteiger charge is -2.61. The number of piperidine rings is 1. The van der Waals surface area contributed by atoms with Gasteiger partial charge < -0.3 is 19.3 Å². The van der Waals surface area contributed by atoms with Crippen LogP contribution in [0.15, 0.2) is 24.3 Å². The molecule has 0 radical (unpaired) electrons. The molecule has 1 saturated heterocycles. The Balaban J connectivity index is 1.85. The standard InChI is InChI=1S/C24H30BrNO5/c1-5-26-11-23(12-29-2)18(28)6-7-24-15(10-25)13-8-16(27)17(30-3)9-14(13)19(22(24)26)20(31-4)21(23)24/h6-9,15,19-22,27H,5,10-12H2,1-4H3/t15-,19+,20+,21-,22-,23+,24-/m1/s1. The number of nitrogens with zero attached hydrogens (tertiary/aromatic N) is 1. The summed E-state index contributed by atoms with van der Waals surface area (Å²) in [4.78, 5) is 16.0. The van der Waals surface area contributed by atoms with Crippen molar-refractivity contribution in [3.8, 4) is 11.5 Å². The highest BCUT2D eigenvalue weighted by Crippen LogP contribution is 2.73. The molecule has 0 unspecified atom stereocenters. The molecule has 31 heavy (non-hydrogen) atoms. The van der Waals surface area contributed by atoms with Crippen LogP contribution in [0.4, 0.5) is 0 Å². The Hall–Kier alpha value is -1.41. The zero-order chi connectivity index (χ0) is 22.1. The molecular formula is C24H30BrNO5. The fourth-order valence-corrected chi connectivity index (χ4v) is 8.57. The van der Waals surface area contributed by atoms with Gasteiger partial charge in [0.15, 0.2) is 17.3 Å². The van der Waals surface area contributed by atoms with Crippen molar-refractivity contribution in [1.29, 1.82) is 0 Å². The zero-order valence-electron chi connectivity index (χ0n) is 18.4. The van der Waals surface area contributed by atoms with Gasteiger partial charge in [-0.25, -0.2) is 0 Å².